The van der Waals surface area contributed by atoms with Crippen molar-refractivity contribution >= 4 is 111 Å². The van der Waals surface area contributed by atoms with E-state index >= 15 is 0 Å². The van der Waals surface area contributed by atoms with Crippen LogP contribution in [-0.2, 0) is 0 Å². The summed E-state index contributed by atoms with van der Waals surface area (Å²) in [6.45, 7) is 0. The Hall–Kier alpha value is -9.66. The van der Waals surface area contributed by atoms with Crippen LogP contribution in [0.25, 0.3) is 115 Å². The van der Waals surface area contributed by atoms with Crippen molar-refractivity contribution in [3.8, 4) is 39.4 Å². The fourth-order valence-electron chi connectivity index (χ4n) is 11.9. The van der Waals surface area contributed by atoms with E-state index in [1.165, 1.54) is 54.1 Å². The van der Waals surface area contributed by atoms with Gasteiger partial charge in [0.15, 0.2) is 0 Å². The van der Waals surface area contributed by atoms with E-state index in [2.05, 4.69) is 265 Å². The average Bonchev–Trinajstić information content (AvgIpc) is 4.15. The van der Waals surface area contributed by atoms with Gasteiger partial charge in [-0.15, -0.1) is 5.54 Å². The van der Waals surface area contributed by atoms with Gasteiger partial charge in [0.25, 0.3) is 0 Å². The Morgan fingerprint density at radius 3 is 1.31 bits per heavy atom. The summed E-state index contributed by atoms with van der Waals surface area (Å²) in [4.78, 5) is 0. The topological polar surface area (TPSA) is 31.2 Å². The Kier molecular flexibility index (Phi) is 9.50. The van der Waals surface area contributed by atoms with Crippen LogP contribution < -0.4 is 15.6 Å². The second-order valence-corrected chi connectivity index (χ2v) is 22.8. The summed E-state index contributed by atoms with van der Waals surface area (Å²) in [7, 11) is -3.27. The lowest BCUT2D eigenvalue weighted by Gasteiger charge is -2.28. The molecule has 0 fully saturated rings. The van der Waals surface area contributed by atoms with Gasteiger partial charge in [0.2, 0.25) is 8.07 Å². The first-order chi connectivity index (χ1) is 36.7. The summed E-state index contributed by atoms with van der Waals surface area (Å²) in [6, 6.07) is 94.3. The molecule has 0 aliphatic carbocycles. The molecule has 3 nitrogen and oxygen atoms in total. The largest absolute Gasteiger partial charge is 0.456 e. The fraction of sp³-hybridized carbons (Fsp3) is 0. The number of hydrogen-bond acceptors (Lipinski definition) is 2. The molecule has 0 N–H and O–H groups in total. The standard InChI is InChI=1S/C70H43NO2Si/c1-4-18-46(19-5-1)47-32-36-64-60(42-47)61-43-48(33-37-65(61)71(64)49-20-6-2-7-21-49)70-58-28-12-10-24-53(58)55(54-25-11-13-29-59(54)70)40-41-74(50-22-8-3-9-23-50,51-34-38-68-62(44-51)56-26-14-16-30-66(56)72-68)52-35-39-69-63(45-52)57-27-15-17-31-67(57)73-69/h1-39,42-45H. The maximum absolute atomic E-state index is 6.46. The number of nitrogens with zero attached hydrogens (tertiary/aromatic N) is 1. The maximum Gasteiger partial charge on any atom is 0.230 e. The number of furan rings is 2. The number of fused-ring (bicyclic) bond motifs is 11. The Labute approximate surface area is 427 Å². The van der Waals surface area contributed by atoms with Crippen LogP contribution in [0.5, 0.6) is 0 Å². The molecule has 0 radical (unpaired) electrons. The van der Waals surface area contributed by atoms with Crippen molar-refractivity contribution < 1.29 is 8.83 Å². The highest BCUT2D eigenvalue weighted by atomic mass is 28.3. The van der Waals surface area contributed by atoms with Gasteiger partial charge in [-0.2, -0.15) is 0 Å². The molecule has 0 saturated heterocycles. The van der Waals surface area contributed by atoms with Crippen LogP contribution >= 0.6 is 0 Å². The average molecular weight is 958 g/mol. The third-order valence-corrected chi connectivity index (χ3v) is 19.4. The first-order valence-corrected chi connectivity index (χ1v) is 27.2. The molecule has 0 aliphatic heterocycles. The Morgan fingerprint density at radius 1 is 0.297 bits per heavy atom. The van der Waals surface area contributed by atoms with Crippen LogP contribution in [0.1, 0.15) is 5.56 Å². The Bertz CT molecular complexity index is 4610. The smallest absolute Gasteiger partial charge is 0.230 e. The second-order valence-electron chi connectivity index (χ2n) is 19.3. The Morgan fingerprint density at radius 2 is 0.743 bits per heavy atom. The zero-order valence-corrected chi connectivity index (χ0v) is 41.1. The molecular weight excluding hydrogens is 915 g/mol. The van der Waals surface area contributed by atoms with Gasteiger partial charge < -0.3 is 13.4 Å². The molecule has 0 atom stereocenters. The number of aromatic nitrogens is 1. The summed E-state index contributed by atoms with van der Waals surface area (Å²) >= 11 is 0. The van der Waals surface area contributed by atoms with E-state index in [1.807, 2.05) is 12.1 Å². The van der Waals surface area contributed by atoms with Gasteiger partial charge in [-0.25, -0.2) is 0 Å². The molecular formula is C70H43NO2Si. The maximum atomic E-state index is 6.46. The Balaban J connectivity index is 0.999. The van der Waals surface area contributed by atoms with Gasteiger partial charge in [-0.05, 0) is 132 Å². The third-order valence-electron chi connectivity index (χ3n) is 15.3. The summed E-state index contributed by atoms with van der Waals surface area (Å²) in [5.74, 6) is 4.06. The zero-order valence-electron chi connectivity index (χ0n) is 40.1. The molecule has 0 aliphatic rings. The normalized spacial score (nSPS) is 11.9. The van der Waals surface area contributed by atoms with Crippen molar-refractivity contribution in [2.45, 2.75) is 0 Å². The van der Waals surface area contributed by atoms with Gasteiger partial charge in [-0.1, -0.05) is 194 Å². The minimum atomic E-state index is -3.27. The lowest BCUT2D eigenvalue weighted by molar-refractivity contribution is 0.668. The molecule has 344 valence electrons. The van der Waals surface area contributed by atoms with Crippen LogP contribution in [0.4, 0.5) is 0 Å². The number of hydrogen-bond donors (Lipinski definition) is 0. The van der Waals surface area contributed by atoms with Crippen molar-refractivity contribution in [3.63, 3.8) is 0 Å². The van der Waals surface area contributed by atoms with Crippen molar-refractivity contribution in [1.82, 2.24) is 4.57 Å². The van der Waals surface area contributed by atoms with E-state index in [0.29, 0.717) is 0 Å². The molecule has 0 unspecified atom stereocenters. The fourth-order valence-corrected chi connectivity index (χ4v) is 15.7. The van der Waals surface area contributed by atoms with Gasteiger partial charge in [0.05, 0.1) is 11.0 Å². The third kappa shape index (κ3) is 6.47. The van der Waals surface area contributed by atoms with Gasteiger partial charge in [0, 0.05) is 43.6 Å². The van der Waals surface area contributed by atoms with Crippen LogP contribution in [-0.4, -0.2) is 12.6 Å². The molecule has 0 amide bonds. The SMILES string of the molecule is C(#C[Si](c1ccccc1)(c1ccc2oc3ccccc3c2c1)c1ccc2oc3ccccc3c2c1)c1c2ccccc2c(-c2ccc3c(c2)c2cc(-c4ccccc4)ccc2n3-c2ccccc2)c2ccccc12. The predicted octanol–water partition coefficient (Wildman–Crippen LogP) is 16.3. The molecule has 0 spiro atoms. The highest BCUT2D eigenvalue weighted by molar-refractivity contribution is 7.17. The summed E-state index contributed by atoms with van der Waals surface area (Å²) in [5.41, 5.74) is 17.0. The quantitative estimate of drug-likeness (QED) is 0.0720. The van der Waals surface area contributed by atoms with Gasteiger partial charge >= 0.3 is 0 Å². The molecule has 15 aromatic rings. The minimum Gasteiger partial charge on any atom is -0.456 e. The van der Waals surface area contributed by atoms with Crippen molar-refractivity contribution in [3.05, 3.63) is 266 Å². The van der Waals surface area contributed by atoms with E-state index in [9.17, 15) is 0 Å². The molecule has 3 heterocycles. The van der Waals surface area contributed by atoms with E-state index in [0.717, 1.165) is 82.2 Å². The van der Waals surface area contributed by atoms with Crippen molar-refractivity contribution in [2.24, 2.45) is 0 Å². The summed E-state index contributed by atoms with van der Waals surface area (Å²) < 4.78 is 15.3. The lowest BCUT2D eigenvalue weighted by atomic mass is 9.88. The lowest BCUT2D eigenvalue weighted by Crippen LogP contribution is -2.66. The van der Waals surface area contributed by atoms with Crippen LogP contribution in [0.15, 0.2) is 270 Å². The predicted molar refractivity (Wildman–Crippen MR) is 312 cm³/mol. The number of para-hydroxylation sites is 3. The summed E-state index contributed by atoms with van der Waals surface area (Å²) in [6.07, 6.45) is 0. The van der Waals surface area contributed by atoms with Crippen molar-refractivity contribution in [2.75, 3.05) is 0 Å². The first-order valence-electron chi connectivity index (χ1n) is 25.2. The van der Waals surface area contributed by atoms with Gasteiger partial charge in [0.1, 0.15) is 22.3 Å². The van der Waals surface area contributed by atoms with Crippen molar-refractivity contribution in [1.29, 1.82) is 0 Å². The monoisotopic (exact) mass is 957 g/mol. The molecule has 15 rings (SSSR count). The zero-order chi connectivity index (χ0) is 48.7. The highest BCUT2D eigenvalue weighted by Crippen LogP contribution is 2.43. The van der Waals surface area contributed by atoms with E-state index in [1.54, 1.807) is 0 Å². The number of benzene rings is 12. The van der Waals surface area contributed by atoms with E-state index in [-0.39, 0.29) is 0 Å². The number of rotatable bonds is 6. The van der Waals surface area contributed by atoms with Gasteiger partial charge in [-0.3, -0.25) is 0 Å². The highest BCUT2D eigenvalue weighted by Gasteiger charge is 2.40. The molecule has 12 aromatic carbocycles. The second kappa shape index (κ2) is 16.7. The first kappa shape index (κ1) is 42.1. The molecule has 3 aromatic heterocycles. The van der Waals surface area contributed by atoms with E-state index in [4.69, 9.17) is 8.83 Å². The van der Waals surface area contributed by atoms with Crippen LogP contribution in [0.3, 0.4) is 0 Å². The molecule has 4 heteroatoms. The summed E-state index contributed by atoms with van der Waals surface area (Å²) in [5, 5.41) is 14.9. The molecule has 74 heavy (non-hydrogen) atoms. The minimum absolute atomic E-state index is 0.863. The molecule has 0 bridgehead atoms. The molecule has 0 saturated carbocycles. The van der Waals surface area contributed by atoms with Crippen LogP contribution in [0.2, 0.25) is 0 Å². The van der Waals surface area contributed by atoms with Crippen LogP contribution in [0, 0.1) is 11.5 Å². The van der Waals surface area contributed by atoms with E-state index < -0.39 is 8.07 Å².